The molecule has 0 atom stereocenters. The van der Waals surface area contributed by atoms with E-state index in [0.717, 1.165) is 29.5 Å². The molecule has 6 heteroatoms. The number of piperidine rings is 1. The molecule has 0 radical (unpaired) electrons. The number of nitrogens with one attached hydrogen (secondary N) is 1. The first-order chi connectivity index (χ1) is 17.0. The third kappa shape index (κ3) is 5.64. The fourth-order valence-electron chi connectivity index (χ4n) is 4.31. The van der Waals surface area contributed by atoms with Crippen LogP contribution in [0.4, 0.5) is 0 Å². The van der Waals surface area contributed by atoms with E-state index >= 15 is 0 Å². The summed E-state index contributed by atoms with van der Waals surface area (Å²) in [4.78, 5) is 14.9. The van der Waals surface area contributed by atoms with Gasteiger partial charge in [-0.15, -0.1) is 0 Å². The minimum Gasteiger partial charge on any atom is -0.493 e. The Kier molecular flexibility index (Phi) is 7.37. The van der Waals surface area contributed by atoms with E-state index in [-0.39, 0.29) is 11.7 Å². The number of amides is 1. The number of carbonyl (C=O) groups excluding carboxylic acids is 1. The van der Waals surface area contributed by atoms with E-state index < -0.39 is 0 Å². The summed E-state index contributed by atoms with van der Waals surface area (Å²) in [7, 11) is 3.20. The molecule has 1 amide bonds. The van der Waals surface area contributed by atoms with Gasteiger partial charge in [0.25, 0.3) is 5.91 Å². The number of rotatable bonds is 5. The first-order valence-electron chi connectivity index (χ1n) is 11.6. The Morgan fingerprint density at radius 3 is 2.20 bits per heavy atom. The average Bonchev–Trinajstić information content (AvgIpc) is 2.91. The lowest BCUT2D eigenvalue weighted by atomic mass is 9.88. The van der Waals surface area contributed by atoms with Crippen molar-refractivity contribution in [2.75, 3.05) is 27.3 Å². The van der Waals surface area contributed by atoms with Crippen LogP contribution in [0.5, 0.6) is 11.5 Å². The number of ether oxygens (including phenoxy) is 2. The van der Waals surface area contributed by atoms with Crippen LogP contribution in [0, 0.1) is 17.3 Å². The molecule has 0 unspecified atom stereocenters. The third-order valence-corrected chi connectivity index (χ3v) is 6.32. The highest BCUT2D eigenvalue weighted by atomic mass is 16.5. The van der Waals surface area contributed by atoms with Crippen molar-refractivity contribution in [3.8, 4) is 23.3 Å². The predicted octanol–water partition coefficient (Wildman–Crippen LogP) is 4.41. The molecule has 1 aliphatic rings. The van der Waals surface area contributed by atoms with Crippen LogP contribution >= 0.6 is 0 Å². The van der Waals surface area contributed by atoms with E-state index in [9.17, 15) is 4.79 Å². The van der Waals surface area contributed by atoms with Crippen LogP contribution in [0.2, 0.25) is 0 Å². The fourth-order valence-corrected chi connectivity index (χ4v) is 4.31. The zero-order valence-corrected chi connectivity index (χ0v) is 20.0. The lowest BCUT2D eigenvalue weighted by Crippen LogP contribution is -2.37. The molecule has 178 valence electrons. The van der Waals surface area contributed by atoms with E-state index in [2.05, 4.69) is 17.9 Å². The minimum atomic E-state index is 0.0420. The van der Waals surface area contributed by atoms with Crippen molar-refractivity contribution in [2.24, 2.45) is 5.73 Å². The SMILES string of the molecule is COc1ccc(C#Cc2ccc(C(=O)N3CCC(c4cccc(C(=N)N)c4)CC3)cc2)cc1OC. The molecule has 6 nitrogen and oxygen atoms in total. The summed E-state index contributed by atoms with van der Waals surface area (Å²) in [6, 6.07) is 20.8. The van der Waals surface area contributed by atoms with Crippen LogP contribution in [-0.2, 0) is 0 Å². The zero-order chi connectivity index (χ0) is 24.8. The summed E-state index contributed by atoms with van der Waals surface area (Å²) < 4.78 is 10.6. The standard InChI is InChI=1S/C29H29N3O3/c1-34-26-13-10-21(18-27(26)35-2)7-6-20-8-11-23(12-9-20)29(33)32-16-14-22(15-17-32)24-4-3-5-25(19-24)28(30)31/h3-5,8-13,18-19,22H,14-17H2,1-2H3,(H3,30,31). The summed E-state index contributed by atoms with van der Waals surface area (Å²) in [5.41, 5.74) is 9.88. The molecule has 0 bridgehead atoms. The number of nitrogens with two attached hydrogens (primary N) is 1. The number of hydrogen-bond acceptors (Lipinski definition) is 4. The first-order valence-corrected chi connectivity index (χ1v) is 11.6. The lowest BCUT2D eigenvalue weighted by Gasteiger charge is -2.32. The lowest BCUT2D eigenvalue weighted by molar-refractivity contribution is 0.0713. The van der Waals surface area contributed by atoms with E-state index in [4.69, 9.17) is 20.6 Å². The van der Waals surface area contributed by atoms with Crippen molar-refractivity contribution in [1.82, 2.24) is 4.90 Å². The largest absolute Gasteiger partial charge is 0.493 e. The van der Waals surface area contributed by atoms with Gasteiger partial charge in [0.1, 0.15) is 5.84 Å². The smallest absolute Gasteiger partial charge is 0.253 e. The highest BCUT2D eigenvalue weighted by molar-refractivity contribution is 5.95. The normalized spacial score (nSPS) is 13.5. The Bertz CT molecular complexity index is 1280. The predicted molar refractivity (Wildman–Crippen MR) is 137 cm³/mol. The number of benzene rings is 3. The van der Waals surface area contributed by atoms with E-state index in [1.807, 2.05) is 65.6 Å². The molecular formula is C29H29N3O3. The summed E-state index contributed by atoms with van der Waals surface area (Å²) in [5, 5.41) is 7.65. The van der Waals surface area contributed by atoms with Gasteiger partial charge in [0.2, 0.25) is 0 Å². The number of methoxy groups -OCH3 is 2. The molecule has 1 saturated heterocycles. The Balaban J connectivity index is 1.37. The van der Waals surface area contributed by atoms with Crippen molar-refractivity contribution < 1.29 is 14.3 Å². The molecule has 3 N–H and O–H groups in total. The topological polar surface area (TPSA) is 88.6 Å². The Hall–Kier alpha value is -4.24. The molecule has 4 rings (SSSR count). The molecular weight excluding hydrogens is 438 g/mol. The molecule has 3 aromatic carbocycles. The molecule has 3 aromatic rings. The second-order valence-corrected chi connectivity index (χ2v) is 8.50. The van der Waals surface area contributed by atoms with E-state index in [1.165, 1.54) is 5.56 Å². The van der Waals surface area contributed by atoms with Crippen molar-refractivity contribution >= 4 is 11.7 Å². The maximum Gasteiger partial charge on any atom is 0.253 e. The molecule has 35 heavy (non-hydrogen) atoms. The zero-order valence-electron chi connectivity index (χ0n) is 20.0. The Morgan fingerprint density at radius 2 is 1.54 bits per heavy atom. The highest BCUT2D eigenvalue weighted by Crippen LogP contribution is 2.29. The van der Waals surface area contributed by atoms with Gasteiger partial charge in [0.05, 0.1) is 14.2 Å². The van der Waals surface area contributed by atoms with Gasteiger partial charge in [-0.2, -0.15) is 0 Å². The second kappa shape index (κ2) is 10.8. The van der Waals surface area contributed by atoms with Gasteiger partial charge in [0.15, 0.2) is 11.5 Å². The third-order valence-electron chi connectivity index (χ3n) is 6.32. The monoisotopic (exact) mass is 467 g/mol. The maximum atomic E-state index is 13.0. The van der Waals surface area contributed by atoms with Gasteiger partial charge in [-0.05, 0) is 72.9 Å². The van der Waals surface area contributed by atoms with Crippen molar-refractivity contribution in [3.05, 3.63) is 94.5 Å². The summed E-state index contributed by atoms with van der Waals surface area (Å²) in [6.45, 7) is 1.41. The van der Waals surface area contributed by atoms with Gasteiger partial charge in [-0.1, -0.05) is 30.0 Å². The van der Waals surface area contributed by atoms with Crippen LogP contribution < -0.4 is 15.2 Å². The number of nitrogens with zero attached hydrogens (tertiary/aromatic N) is 1. The van der Waals surface area contributed by atoms with E-state index in [1.54, 1.807) is 14.2 Å². The maximum absolute atomic E-state index is 13.0. The van der Waals surface area contributed by atoms with Crippen molar-refractivity contribution in [2.45, 2.75) is 18.8 Å². The highest BCUT2D eigenvalue weighted by Gasteiger charge is 2.24. The molecule has 1 aliphatic heterocycles. The van der Waals surface area contributed by atoms with Crippen molar-refractivity contribution in [3.63, 3.8) is 0 Å². The second-order valence-electron chi connectivity index (χ2n) is 8.50. The Labute approximate surface area is 206 Å². The van der Waals surface area contributed by atoms with Gasteiger partial charge in [-0.3, -0.25) is 10.2 Å². The molecule has 0 saturated carbocycles. The minimum absolute atomic E-state index is 0.0420. The van der Waals surface area contributed by atoms with Crippen LogP contribution in [0.15, 0.2) is 66.7 Å². The summed E-state index contributed by atoms with van der Waals surface area (Å²) >= 11 is 0. The molecule has 0 spiro atoms. The molecule has 0 aliphatic carbocycles. The molecule has 1 fully saturated rings. The number of amidine groups is 1. The first kappa shape index (κ1) is 23.9. The van der Waals surface area contributed by atoms with Gasteiger partial charge < -0.3 is 20.1 Å². The quantitative estimate of drug-likeness (QED) is 0.331. The van der Waals surface area contributed by atoms with E-state index in [0.29, 0.717) is 36.1 Å². The summed E-state index contributed by atoms with van der Waals surface area (Å²) in [5.74, 6) is 8.05. The van der Waals surface area contributed by atoms with Crippen LogP contribution in [0.25, 0.3) is 0 Å². The van der Waals surface area contributed by atoms with Gasteiger partial charge in [0, 0.05) is 35.3 Å². The Morgan fingerprint density at radius 1 is 0.886 bits per heavy atom. The van der Waals surface area contributed by atoms with Gasteiger partial charge in [-0.25, -0.2) is 0 Å². The number of likely N-dealkylation sites (tertiary alicyclic amines) is 1. The average molecular weight is 468 g/mol. The number of nitrogen functional groups attached to an aromatic ring is 1. The molecule has 1 heterocycles. The fraction of sp³-hybridized carbons (Fsp3) is 0.241. The van der Waals surface area contributed by atoms with Crippen LogP contribution in [-0.4, -0.2) is 44.0 Å². The van der Waals surface area contributed by atoms with Crippen LogP contribution in [0.1, 0.15) is 51.4 Å². The van der Waals surface area contributed by atoms with Crippen molar-refractivity contribution in [1.29, 1.82) is 5.41 Å². The summed E-state index contributed by atoms with van der Waals surface area (Å²) in [6.07, 6.45) is 1.78. The molecule has 0 aromatic heterocycles. The number of hydrogen-bond donors (Lipinski definition) is 2. The number of carbonyl (C=O) groups is 1. The van der Waals surface area contributed by atoms with Crippen LogP contribution in [0.3, 0.4) is 0 Å². The van der Waals surface area contributed by atoms with Gasteiger partial charge >= 0.3 is 0 Å².